The number of amides is 1. The number of aromatic nitrogens is 2. The van der Waals surface area contributed by atoms with E-state index in [1.807, 2.05) is 24.3 Å². The van der Waals surface area contributed by atoms with Gasteiger partial charge in [0.1, 0.15) is 0 Å². The monoisotopic (exact) mass is 402 g/mol. The molecule has 28 heavy (non-hydrogen) atoms. The highest BCUT2D eigenvalue weighted by Crippen LogP contribution is 2.17. The molecule has 1 aromatic heterocycles. The molecular weight excluding hydrogens is 380 g/mol. The first-order chi connectivity index (χ1) is 12.8. The molecule has 0 saturated heterocycles. The number of rotatable bonds is 5. The number of nitrogens with one attached hydrogen (secondary N) is 3. The number of carbonyl (C=O) groups is 1. The minimum absolute atomic E-state index is 0. The number of carbonyl (C=O) groups excluding carboxylic acids is 1. The molecule has 1 atom stereocenters. The Labute approximate surface area is 167 Å². The molecule has 1 amide bonds. The summed E-state index contributed by atoms with van der Waals surface area (Å²) in [7, 11) is 0. The lowest BCUT2D eigenvalue weighted by atomic mass is 9.99. The van der Waals surface area contributed by atoms with Crippen LogP contribution < -0.4 is 22.2 Å². The maximum Gasteiger partial charge on any atom is 0.314 e. The second-order valence-electron chi connectivity index (χ2n) is 6.81. The largest absolute Gasteiger partial charge is 0.350 e. The first-order valence-electron chi connectivity index (χ1n) is 8.75. The van der Waals surface area contributed by atoms with Gasteiger partial charge in [0.25, 0.3) is 5.91 Å². The molecule has 3 rings (SSSR count). The maximum atomic E-state index is 12.4. The van der Waals surface area contributed by atoms with Crippen LogP contribution in [0.15, 0.2) is 52.1 Å². The number of hydrogen-bond donors (Lipinski definition) is 4. The number of halogens is 1. The number of hydrogen-bond acceptors (Lipinski definition) is 4. The zero-order valence-corrected chi connectivity index (χ0v) is 16.4. The highest BCUT2D eigenvalue weighted by Gasteiger charge is 2.11. The highest BCUT2D eigenvalue weighted by molar-refractivity contribution is 5.97. The van der Waals surface area contributed by atoms with Crippen LogP contribution in [0.1, 0.15) is 47.3 Å². The van der Waals surface area contributed by atoms with Crippen molar-refractivity contribution in [1.82, 2.24) is 15.3 Å². The second-order valence-corrected chi connectivity index (χ2v) is 6.81. The zero-order chi connectivity index (χ0) is 19.6. The average molecular weight is 403 g/mol. The van der Waals surface area contributed by atoms with Gasteiger partial charge in [0.05, 0.1) is 11.0 Å². The summed E-state index contributed by atoms with van der Waals surface area (Å²) < 4.78 is 0. The van der Waals surface area contributed by atoms with Gasteiger partial charge in [-0.1, -0.05) is 38.1 Å². The summed E-state index contributed by atoms with van der Waals surface area (Å²) in [5, 5.41) is 2.80. The van der Waals surface area contributed by atoms with Gasteiger partial charge in [-0.2, -0.15) is 0 Å². The molecule has 0 aliphatic carbocycles. The van der Waals surface area contributed by atoms with Gasteiger partial charge in [0, 0.05) is 18.2 Å². The third-order valence-electron chi connectivity index (χ3n) is 4.50. The van der Waals surface area contributed by atoms with Crippen LogP contribution in [0.5, 0.6) is 0 Å². The van der Waals surface area contributed by atoms with Gasteiger partial charge in [0.15, 0.2) is 0 Å². The van der Waals surface area contributed by atoms with Crippen LogP contribution in [-0.4, -0.2) is 22.4 Å². The van der Waals surface area contributed by atoms with Gasteiger partial charge in [-0.3, -0.25) is 14.4 Å². The Kier molecular flexibility index (Phi) is 6.77. The number of fused-ring (bicyclic) bond motifs is 1. The first kappa shape index (κ1) is 21.4. The molecule has 8 heteroatoms. The number of benzene rings is 2. The van der Waals surface area contributed by atoms with Gasteiger partial charge >= 0.3 is 11.1 Å². The molecule has 0 radical (unpaired) electrons. The fraction of sp³-hybridized carbons (Fsp3) is 0.250. The van der Waals surface area contributed by atoms with Gasteiger partial charge in [-0.05, 0) is 35.2 Å². The van der Waals surface area contributed by atoms with Crippen molar-refractivity contribution in [1.29, 1.82) is 0 Å². The molecule has 5 N–H and O–H groups in total. The summed E-state index contributed by atoms with van der Waals surface area (Å²) in [4.78, 5) is 40.1. The molecule has 0 fully saturated rings. The number of H-pyrrole nitrogens is 2. The molecule has 3 aromatic rings. The van der Waals surface area contributed by atoms with E-state index in [-0.39, 0.29) is 30.9 Å². The van der Waals surface area contributed by atoms with Crippen molar-refractivity contribution in [3.8, 4) is 0 Å². The van der Waals surface area contributed by atoms with Crippen molar-refractivity contribution in [2.24, 2.45) is 5.73 Å². The molecule has 1 heterocycles. The second kappa shape index (κ2) is 8.86. The standard InChI is InChI=1S/C20H22N4O3.ClH/c1-11(2)12-3-5-13(6-4-12)15(21)10-22-18(25)14-7-8-16-17(9-14)24-20(27)19(26)23-16;/h3-9,11,15H,10,21H2,1-2H3,(H,22,25)(H,23,26)(H,24,27);1H. The van der Waals surface area contributed by atoms with Crippen LogP contribution in [0.2, 0.25) is 0 Å². The SMILES string of the molecule is CC(C)c1ccc(C(N)CNC(=O)c2ccc3[nH]c(=O)c(=O)[nH]c3c2)cc1.Cl. The fourth-order valence-corrected chi connectivity index (χ4v) is 2.81. The Morgan fingerprint density at radius 2 is 1.54 bits per heavy atom. The lowest BCUT2D eigenvalue weighted by molar-refractivity contribution is 0.0951. The van der Waals surface area contributed by atoms with Gasteiger partial charge in [0.2, 0.25) is 0 Å². The summed E-state index contributed by atoms with van der Waals surface area (Å²) in [5.41, 5.74) is 8.08. The average Bonchev–Trinajstić information content (AvgIpc) is 2.66. The quantitative estimate of drug-likeness (QED) is 0.489. The van der Waals surface area contributed by atoms with Crippen LogP contribution in [0, 0.1) is 0 Å². The Bertz CT molecular complexity index is 1090. The highest BCUT2D eigenvalue weighted by atomic mass is 35.5. The van der Waals surface area contributed by atoms with Crippen molar-refractivity contribution < 1.29 is 4.79 Å². The summed E-state index contributed by atoms with van der Waals surface area (Å²) in [6, 6.07) is 12.4. The van der Waals surface area contributed by atoms with E-state index in [0.29, 0.717) is 22.5 Å². The Hall–Kier alpha value is -2.90. The van der Waals surface area contributed by atoms with Gasteiger partial charge in [-0.15, -0.1) is 12.4 Å². The van der Waals surface area contributed by atoms with E-state index in [0.717, 1.165) is 5.56 Å². The fourth-order valence-electron chi connectivity index (χ4n) is 2.81. The Morgan fingerprint density at radius 3 is 2.14 bits per heavy atom. The zero-order valence-electron chi connectivity index (χ0n) is 15.6. The van der Waals surface area contributed by atoms with E-state index >= 15 is 0 Å². The third kappa shape index (κ3) is 4.68. The smallest absolute Gasteiger partial charge is 0.314 e. The van der Waals surface area contributed by atoms with E-state index < -0.39 is 11.1 Å². The molecule has 0 spiro atoms. The lowest BCUT2D eigenvalue weighted by Crippen LogP contribution is -2.32. The van der Waals surface area contributed by atoms with Crippen molar-refractivity contribution in [2.75, 3.05) is 6.54 Å². The van der Waals surface area contributed by atoms with Crippen molar-refractivity contribution in [3.63, 3.8) is 0 Å². The summed E-state index contributed by atoms with van der Waals surface area (Å²) in [5.74, 6) is 0.141. The lowest BCUT2D eigenvalue weighted by Gasteiger charge is -2.15. The van der Waals surface area contributed by atoms with Crippen LogP contribution in [0.4, 0.5) is 0 Å². The molecule has 0 aliphatic rings. The van der Waals surface area contributed by atoms with E-state index in [1.54, 1.807) is 12.1 Å². The van der Waals surface area contributed by atoms with Gasteiger partial charge < -0.3 is 21.0 Å². The molecule has 1 unspecified atom stereocenters. The van der Waals surface area contributed by atoms with E-state index in [2.05, 4.69) is 29.1 Å². The molecule has 148 valence electrons. The van der Waals surface area contributed by atoms with E-state index in [4.69, 9.17) is 5.73 Å². The maximum absolute atomic E-state index is 12.4. The van der Waals surface area contributed by atoms with E-state index in [9.17, 15) is 14.4 Å². The molecule has 0 bridgehead atoms. The number of aromatic amines is 2. The molecule has 7 nitrogen and oxygen atoms in total. The molecule has 0 aliphatic heterocycles. The van der Waals surface area contributed by atoms with Gasteiger partial charge in [-0.25, -0.2) is 0 Å². The van der Waals surface area contributed by atoms with Crippen LogP contribution in [-0.2, 0) is 0 Å². The predicted octanol–water partition coefficient (Wildman–Crippen LogP) is 2.19. The van der Waals surface area contributed by atoms with Crippen LogP contribution in [0.3, 0.4) is 0 Å². The minimum atomic E-state index is -0.757. The number of nitrogens with two attached hydrogens (primary N) is 1. The van der Waals surface area contributed by atoms with Crippen molar-refractivity contribution in [3.05, 3.63) is 79.9 Å². The minimum Gasteiger partial charge on any atom is -0.350 e. The third-order valence-corrected chi connectivity index (χ3v) is 4.50. The van der Waals surface area contributed by atoms with Crippen LogP contribution >= 0.6 is 12.4 Å². The topological polar surface area (TPSA) is 121 Å². The molecular formula is C20H23ClN4O3. The predicted molar refractivity (Wildman–Crippen MR) is 112 cm³/mol. The van der Waals surface area contributed by atoms with E-state index in [1.165, 1.54) is 11.6 Å². The Balaban J connectivity index is 0.00000280. The van der Waals surface area contributed by atoms with Crippen molar-refractivity contribution >= 4 is 29.3 Å². The molecule has 0 saturated carbocycles. The molecule has 2 aromatic carbocycles. The van der Waals surface area contributed by atoms with Crippen LogP contribution in [0.25, 0.3) is 11.0 Å². The normalized spacial score (nSPS) is 11.9. The first-order valence-corrected chi connectivity index (χ1v) is 8.75. The van der Waals surface area contributed by atoms with Crippen molar-refractivity contribution in [2.45, 2.75) is 25.8 Å². The Morgan fingerprint density at radius 1 is 0.964 bits per heavy atom. The summed E-state index contributed by atoms with van der Waals surface area (Å²) in [6.07, 6.45) is 0. The summed E-state index contributed by atoms with van der Waals surface area (Å²) >= 11 is 0. The summed E-state index contributed by atoms with van der Waals surface area (Å²) in [6.45, 7) is 4.53.